The summed E-state index contributed by atoms with van der Waals surface area (Å²) in [6, 6.07) is 5.62. The maximum atomic E-state index is 10.7. The fraction of sp³-hybridized carbons (Fsp3) is 0.438. The molecule has 108 valence electrons. The molecule has 0 bridgehead atoms. The number of aliphatic carboxylic acids is 1. The largest absolute Gasteiger partial charge is 0.478 e. The molecule has 1 aromatic carbocycles. The summed E-state index contributed by atoms with van der Waals surface area (Å²) in [6.07, 6.45) is 9.01. The number of rotatable bonds is 3. The van der Waals surface area contributed by atoms with Crippen molar-refractivity contribution < 1.29 is 9.90 Å². The minimum absolute atomic E-state index is 0.689. The molecule has 0 amide bonds. The highest BCUT2D eigenvalue weighted by Gasteiger charge is 2.12. The zero-order valence-corrected chi connectivity index (χ0v) is 12.3. The van der Waals surface area contributed by atoms with Crippen molar-refractivity contribution in [2.45, 2.75) is 32.1 Å². The standard InChI is InChI=1S/C16H20ClNO2/c17-14-8-6-13(7-9-16(19)20)15(12-14)18-10-4-2-1-3-5-11-18/h6-9,12H,1-5,10-11H2,(H,19,20)/b9-7+. The highest BCUT2D eigenvalue weighted by Crippen LogP contribution is 2.28. The second kappa shape index (κ2) is 7.34. The van der Waals surface area contributed by atoms with Gasteiger partial charge >= 0.3 is 5.97 Å². The van der Waals surface area contributed by atoms with Gasteiger partial charge in [-0.25, -0.2) is 4.79 Å². The summed E-state index contributed by atoms with van der Waals surface area (Å²) in [5.41, 5.74) is 1.95. The van der Waals surface area contributed by atoms with Crippen molar-refractivity contribution in [3.8, 4) is 0 Å². The monoisotopic (exact) mass is 293 g/mol. The molecule has 0 saturated carbocycles. The Morgan fingerprint density at radius 3 is 2.45 bits per heavy atom. The van der Waals surface area contributed by atoms with Crippen LogP contribution in [0.2, 0.25) is 5.02 Å². The number of benzene rings is 1. The minimum Gasteiger partial charge on any atom is -0.478 e. The van der Waals surface area contributed by atoms with Crippen molar-refractivity contribution in [3.63, 3.8) is 0 Å². The summed E-state index contributed by atoms with van der Waals surface area (Å²) in [5.74, 6) is -0.932. The van der Waals surface area contributed by atoms with Crippen molar-refractivity contribution in [1.82, 2.24) is 0 Å². The Labute approximate surface area is 124 Å². The number of carbonyl (C=O) groups is 1. The van der Waals surface area contributed by atoms with E-state index in [1.165, 1.54) is 38.2 Å². The Kier molecular flexibility index (Phi) is 5.48. The highest BCUT2D eigenvalue weighted by atomic mass is 35.5. The second-order valence-electron chi connectivity index (χ2n) is 5.13. The maximum Gasteiger partial charge on any atom is 0.328 e. The van der Waals surface area contributed by atoms with Crippen LogP contribution in [0.1, 0.15) is 37.7 Å². The Bertz CT molecular complexity index is 491. The number of nitrogens with zero attached hydrogens (tertiary/aromatic N) is 1. The van der Waals surface area contributed by atoms with Crippen LogP contribution in [-0.4, -0.2) is 24.2 Å². The van der Waals surface area contributed by atoms with Crippen molar-refractivity contribution in [2.24, 2.45) is 0 Å². The lowest BCUT2D eigenvalue weighted by molar-refractivity contribution is -0.131. The Morgan fingerprint density at radius 2 is 1.80 bits per heavy atom. The second-order valence-corrected chi connectivity index (χ2v) is 5.57. The van der Waals surface area contributed by atoms with Crippen LogP contribution in [0.3, 0.4) is 0 Å². The quantitative estimate of drug-likeness (QED) is 0.849. The van der Waals surface area contributed by atoms with Crippen molar-refractivity contribution >= 4 is 29.3 Å². The first-order valence-electron chi connectivity index (χ1n) is 7.12. The van der Waals surface area contributed by atoms with Gasteiger partial charge in [0.2, 0.25) is 0 Å². The van der Waals surface area contributed by atoms with Crippen LogP contribution in [0.15, 0.2) is 24.3 Å². The van der Waals surface area contributed by atoms with E-state index in [-0.39, 0.29) is 0 Å². The third-order valence-corrected chi connectivity index (χ3v) is 3.83. The van der Waals surface area contributed by atoms with Gasteiger partial charge in [0.25, 0.3) is 0 Å². The van der Waals surface area contributed by atoms with Crippen LogP contribution in [0, 0.1) is 0 Å². The van der Waals surface area contributed by atoms with E-state index in [0.29, 0.717) is 5.02 Å². The number of hydrogen-bond donors (Lipinski definition) is 1. The Hall–Kier alpha value is -1.48. The molecular formula is C16H20ClNO2. The van der Waals surface area contributed by atoms with E-state index in [2.05, 4.69) is 4.90 Å². The van der Waals surface area contributed by atoms with Crippen molar-refractivity contribution in [2.75, 3.05) is 18.0 Å². The normalized spacial score (nSPS) is 16.9. The van der Waals surface area contributed by atoms with Gasteiger partial charge in [-0.2, -0.15) is 0 Å². The summed E-state index contributed by atoms with van der Waals surface area (Å²) >= 11 is 6.10. The van der Waals surface area contributed by atoms with E-state index in [1.807, 2.05) is 12.1 Å². The van der Waals surface area contributed by atoms with Crippen LogP contribution in [0.5, 0.6) is 0 Å². The third kappa shape index (κ3) is 4.27. The fourth-order valence-corrected chi connectivity index (χ4v) is 2.75. The number of halogens is 1. The van der Waals surface area contributed by atoms with Gasteiger partial charge in [-0.1, -0.05) is 36.9 Å². The zero-order valence-electron chi connectivity index (χ0n) is 11.5. The molecule has 0 unspecified atom stereocenters. The first kappa shape index (κ1) is 14.9. The minimum atomic E-state index is -0.932. The molecule has 0 atom stereocenters. The van der Waals surface area contributed by atoms with Gasteiger partial charge in [0.15, 0.2) is 0 Å². The van der Waals surface area contributed by atoms with E-state index >= 15 is 0 Å². The van der Waals surface area contributed by atoms with Gasteiger partial charge in [0.1, 0.15) is 0 Å². The topological polar surface area (TPSA) is 40.5 Å². The average Bonchev–Trinajstić information content (AvgIpc) is 2.37. The van der Waals surface area contributed by atoms with E-state index in [0.717, 1.165) is 24.3 Å². The molecule has 0 radical (unpaired) electrons. The molecule has 1 fully saturated rings. The maximum absolute atomic E-state index is 10.7. The summed E-state index contributed by atoms with van der Waals surface area (Å²) in [6.45, 7) is 2.02. The van der Waals surface area contributed by atoms with Crippen LogP contribution in [0.25, 0.3) is 6.08 Å². The molecule has 4 heteroatoms. The lowest BCUT2D eigenvalue weighted by Gasteiger charge is -2.28. The van der Waals surface area contributed by atoms with Crippen molar-refractivity contribution in [1.29, 1.82) is 0 Å². The molecule has 1 heterocycles. The number of hydrogen-bond acceptors (Lipinski definition) is 2. The van der Waals surface area contributed by atoms with E-state index in [4.69, 9.17) is 16.7 Å². The molecule has 1 N–H and O–H groups in total. The zero-order chi connectivity index (χ0) is 14.4. The van der Waals surface area contributed by atoms with Crippen LogP contribution in [0.4, 0.5) is 5.69 Å². The predicted octanol–water partition coefficient (Wildman–Crippen LogP) is 4.21. The van der Waals surface area contributed by atoms with Crippen molar-refractivity contribution in [3.05, 3.63) is 34.9 Å². The van der Waals surface area contributed by atoms with Gasteiger partial charge in [-0.3, -0.25) is 0 Å². The molecule has 1 aromatic rings. The van der Waals surface area contributed by atoms with Crippen LogP contribution < -0.4 is 4.90 Å². The molecule has 0 aromatic heterocycles. The van der Waals surface area contributed by atoms with Crippen LogP contribution in [-0.2, 0) is 4.79 Å². The molecule has 1 aliphatic heterocycles. The molecule has 1 saturated heterocycles. The van der Waals surface area contributed by atoms with Gasteiger partial charge in [0, 0.05) is 29.9 Å². The summed E-state index contributed by atoms with van der Waals surface area (Å²) in [4.78, 5) is 13.0. The third-order valence-electron chi connectivity index (χ3n) is 3.59. The predicted molar refractivity (Wildman–Crippen MR) is 83.4 cm³/mol. The number of carboxylic acid groups (broad SMARTS) is 1. The summed E-state index contributed by atoms with van der Waals surface area (Å²) in [7, 11) is 0. The lowest BCUT2D eigenvalue weighted by Crippen LogP contribution is -2.27. The van der Waals surface area contributed by atoms with Gasteiger partial charge < -0.3 is 10.0 Å². The SMILES string of the molecule is O=C(O)/C=C/c1ccc(Cl)cc1N1CCCCCCC1. The Morgan fingerprint density at radius 1 is 1.15 bits per heavy atom. The lowest BCUT2D eigenvalue weighted by atomic mass is 10.1. The van der Waals surface area contributed by atoms with E-state index < -0.39 is 5.97 Å². The van der Waals surface area contributed by atoms with E-state index in [1.54, 1.807) is 12.1 Å². The van der Waals surface area contributed by atoms with Gasteiger partial charge in [-0.05, 0) is 36.6 Å². The number of anilines is 1. The summed E-state index contributed by atoms with van der Waals surface area (Å²) < 4.78 is 0. The average molecular weight is 294 g/mol. The molecule has 20 heavy (non-hydrogen) atoms. The smallest absolute Gasteiger partial charge is 0.328 e. The molecule has 3 nitrogen and oxygen atoms in total. The molecule has 0 aliphatic carbocycles. The molecular weight excluding hydrogens is 274 g/mol. The first-order valence-corrected chi connectivity index (χ1v) is 7.50. The molecule has 0 spiro atoms. The van der Waals surface area contributed by atoms with Gasteiger partial charge in [0.05, 0.1) is 0 Å². The first-order chi connectivity index (χ1) is 9.66. The fourth-order valence-electron chi connectivity index (χ4n) is 2.58. The van der Waals surface area contributed by atoms with Gasteiger partial charge in [-0.15, -0.1) is 0 Å². The number of carboxylic acids is 1. The van der Waals surface area contributed by atoms with E-state index in [9.17, 15) is 4.79 Å². The summed E-state index contributed by atoms with van der Waals surface area (Å²) in [5, 5.41) is 9.48. The molecule has 2 rings (SSSR count). The molecule has 1 aliphatic rings. The highest BCUT2D eigenvalue weighted by molar-refractivity contribution is 6.31. The Balaban J connectivity index is 2.26. The van der Waals surface area contributed by atoms with Crippen LogP contribution >= 0.6 is 11.6 Å².